The van der Waals surface area contributed by atoms with Gasteiger partial charge in [-0.2, -0.15) is 0 Å². The molecule has 114 valence electrons. The van der Waals surface area contributed by atoms with Crippen LogP contribution in [0.4, 0.5) is 0 Å². The first-order valence-electron chi connectivity index (χ1n) is 7.37. The molecule has 1 aliphatic rings. The first kappa shape index (κ1) is 16.4. The molecular formula is C16H21BrN2OS. The van der Waals surface area contributed by atoms with Crippen LogP contribution in [0.5, 0.6) is 0 Å². The third kappa shape index (κ3) is 4.51. The summed E-state index contributed by atoms with van der Waals surface area (Å²) in [5.74, 6) is -0.0113. The van der Waals surface area contributed by atoms with Crippen molar-refractivity contribution in [1.29, 1.82) is 0 Å². The Morgan fingerprint density at radius 3 is 2.52 bits per heavy atom. The Hall–Kier alpha value is -0.940. The van der Waals surface area contributed by atoms with Gasteiger partial charge in [-0.3, -0.25) is 4.79 Å². The fourth-order valence-corrected chi connectivity index (χ4v) is 3.61. The fraction of sp³-hybridized carbons (Fsp3) is 0.500. The van der Waals surface area contributed by atoms with Crippen molar-refractivity contribution >= 4 is 39.0 Å². The molecule has 0 aliphatic heterocycles. The quantitative estimate of drug-likeness (QED) is 0.631. The highest BCUT2D eigenvalue weighted by Gasteiger charge is 2.35. The molecule has 3 N–H and O–H groups in total. The molecular weight excluding hydrogens is 348 g/mol. The lowest BCUT2D eigenvalue weighted by Crippen LogP contribution is -2.56. The molecule has 0 radical (unpaired) electrons. The number of thiocarbonyl (C=S) groups is 1. The van der Waals surface area contributed by atoms with Crippen molar-refractivity contribution in [2.75, 3.05) is 0 Å². The molecule has 0 heterocycles. The number of nitrogens with one attached hydrogen (secondary N) is 1. The summed E-state index contributed by atoms with van der Waals surface area (Å²) in [4.78, 5) is 12.8. The zero-order valence-corrected chi connectivity index (χ0v) is 14.4. The molecule has 1 fully saturated rings. The molecule has 2 rings (SSSR count). The predicted molar refractivity (Wildman–Crippen MR) is 93.2 cm³/mol. The summed E-state index contributed by atoms with van der Waals surface area (Å²) in [6.45, 7) is 0. The average Bonchev–Trinajstić information content (AvgIpc) is 2.65. The van der Waals surface area contributed by atoms with Crippen molar-refractivity contribution in [2.45, 2.75) is 50.5 Å². The molecule has 21 heavy (non-hydrogen) atoms. The van der Waals surface area contributed by atoms with Gasteiger partial charge in [0.1, 0.15) is 0 Å². The van der Waals surface area contributed by atoms with E-state index in [4.69, 9.17) is 18.0 Å². The highest BCUT2D eigenvalue weighted by atomic mass is 79.9. The number of carbonyl (C=O) groups excluding carboxylic acids is 1. The number of nitrogens with two attached hydrogens (primary N) is 1. The number of amides is 1. The van der Waals surface area contributed by atoms with Gasteiger partial charge in [-0.25, -0.2) is 0 Å². The topological polar surface area (TPSA) is 55.1 Å². The van der Waals surface area contributed by atoms with Gasteiger partial charge in [-0.05, 0) is 30.5 Å². The van der Waals surface area contributed by atoms with Crippen LogP contribution in [0.3, 0.4) is 0 Å². The normalized spacial score (nSPS) is 17.8. The van der Waals surface area contributed by atoms with Crippen LogP contribution in [-0.2, 0) is 11.2 Å². The summed E-state index contributed by atoms with van der Waals surface area (Å²) in [7, 11) is 0. The first-order valence-corrected chi connectivity index (χ1v) is 8.57. The predicted octanol–water partition coefficient (Wildman–Crippen LogP) is 3.49. The zero-order valence-electron chi connectivity index (χ0n) is 12.0. The van der Waals surface area contributed by atoms with Crippen LogP contribution in [0.2, 0.25) is 0 Å². The van der Waals surface area contributed by atoms with E-state index >= 15 is 0 Å². The molecule has 1 amide bonds. The Labute approximate surface area is 139 Å². The Kier molecular flexibility index (Phi) is 5.76. The molecule has 1 saturated carbocycles. The Morgan fingerprint density at radius 1 is 1.29 bits per heavy atom. The Morgan fingerprint density at radius 2 is 1.95 bits per heavy atom. The van der Waals surface area contributed by atoms with Crippen molar-refractivity contribution in [3.63, 3.8) is 0 Å². The van der Waals surface area contributed by atoms with E-state index in [1.165, 1.54) is 12.8 Å². The molecule has 5 heteroatoms. The molecule has 0 saturated heterocycles. The van der Waals surface area contributed by atoms with Crippen molar-refractivity contribution in [1.82, 2.24) is 5.32 Å². The van der Waals surface area contributed by atoms with Crippen molar-refractivity contribution in [2.24, 2.45) is 5.73 Å². The van der Waals surface area contributed by atoms with Gasteiger partial charge in [0, 0.05) is 4.47 Å². The molecule has 3 nitrogen and oxygen atoms in total. The van der Waals surface area contributed by atoms with Crippen LogP contribution in [0.1, 0.15) is 44.1 Å². The lowest BCUT2D eigenvalue weighted by molar-refractivity contribution is -0.121. The largest absolute Gasteiger partial charge is 0.391 e. The van der Waals surface area contributed by atoms with Crippen LogP contribution in [0.15, 0.2) is 28.7 Å². The van der Waals surface area contributed by atoms with Crippen LogP contribution in [-0.4, -0.2) is 16.4 Å². The monoisotopic (exact) mass is 368 g/mol. The standard InChI is InChI=1S/C16H21BrN2OS/c17-13-7-5-6-12(10-13)11-14(20)19-16(15(18)21)8-3-1-2-4-9-16/h5-7,10H,1-4,8-9,11H2,(H2,18,21)(H,19,20). The molecule has 0 atom stereocenters. The maximum atomic E-state index is 12.4. The second-order valence-corrected chi connectivity index (χ2v) is 7.07. The molecule has 0 unspecified atom stereocenters. The SMILES string of the molecule is NC(=S)C1(NC(=O)Cc2cccc(Br)c2)CCCCCC1. The molecule has 1 aromatic carbocycles. The maximum absolute atomic E-state index is 12.4. The van der Waals surface area contributed by atoms with Gasteiger partial charge in [0.25, 0.3) is 0 Å². The summed E-state index contributed by atoms with van der Waals surface area (Å²) in [6, 6.07) is 7.79. The number of halogens is 1. The minimum atomic E-state index is -0.491. The van der Waals surface area contributed by atoms with Crippen molar-refractivity contribution in [3.8, 4) is 0 Å². The van der Waals surface area contributed by atoms with E-state index in [1.807, 2.05) is 24.3 Å². The van der Waals surface area contributed by atoms with Gasteiger partial charge < -0.3 is 11.1 Å². The smallest absolute Gasteiger partial charge is 0.225 e. The van der Waals surface area contributed by atoms with E-state index in [0.29, 0.717) is 11.4 Å². The second-order valence-electron chi connectivity index (χ2n) is 5.72. The number of carbonyl (C=O) groups is 1. The highest BCUT2D eigenvalue weighted by molar-refractivity contribution is 9.10. The van der Waals surface area contributed by atoms with Gasteiger partial charge in [-0.1, -0.05) is 66.0 Å². The zero-order chi connectivity index (χ0) is 15.3. The van der Waals surface area contributed by atoms with E-state index in [9.17, 15) is 4.79 Å². The van der Waals surface area contributed by atoms with E-state index in [1.54, 1.807) is 0 Å². The molecule has 1 aromatic rings. The average molecular weight is 369 g/mol. The highest BCUT2D eigenvalue weighted by Crippen LogP contribution is 2.27. The Balaban J connectivity index is 2.06. The molecule has 1 aliphatic carbocycles. The molecule has 0 spiro atoms. The number of benzene rings is 1. The minimum Gasteiger partial charge on any atom is -0.391 e. The van der Waals surface area contributed by atoms with Crippen LogP contribution in [0, 0.1) is 0 Å². The van der Waals surface area contributed by atoms with Crippen molar-refractivity contribution < 1.29 is 4.79 Å². The van der Waals surface area contributed by atoms with Crippen molar-refractivity contribution in [3.05, 3.63) is 34.3 Å². The lowest BCUT2D eigenvalue weighted by atomic mass is 9.89. The third-order valence-corrected chi connectivity index (χ3v) is 4.95. The van der Waals surface area contributed by atoms with E-state index < -0.39 is 5.54 Å². The van der Waals surface area contributed by atoms with Crippen LogP contribution >= 0.6 is 28.1 Å². The summed E-state index contributed by atoms with van der Waals surface area (Å²) in [6.07, 6.45) is 6.56. The van der Waals surface area contributed by atoms with Gasteiger partial charge in [0.05, 0.1) is 16.9 Å². The van der Waals surface area contributed by atoms with Crippen LogP contribution < -0.4 is 11.1 Å². The minimum absolute atomic E-state index is 0.0113. The Bertz CT molecular complexity index is 525. The molecule has 0 aromatic heterocycles. The summed E-state index contributed by atoms with van der Waals surface area (Å²) >= 11 is 8.67. The van der Waals surface area contributed by atoms with E-state index in [2.05, 4.69) is 21.2 Å². The van der Waals surface area contributed by atoms with E-state index in [-0.39, 0.29) is 5.91 Å². The summed E-state index contributed by atoms with van der Waals surface area (Å²) < 4.78 is 0.978. The van der Waals surface area contributed by atoms with Gasteiger partial charge in [-0.15, -0.1) is 0 Å². The van der Waals surface area contributed by atoms with Gasteiger partial charge in [0.15, 0.2) is 0 Å². The number of hydrogen-bond donors (Lipinski definition) is 2. The third-order valence-electron chi connectivity index (χ3n) is 4.06. The molecule has 0 bridgehead atoms. The maximum Gasteiger partial charge on any atom is 0.225 e. The number of hydrogen-bond acceptors (Lipinski definition) is 2. The van der Waals surface area contributed by atoms with E-state index in [0.717, 1.165) is 35.7 Å². The number of rotatable bonds is 4. The lowest BCUT2D eigenvalue weighted by Gasteiger charge is -2.33. The van der Waals surface area contributed by atoms with Gasteiger partial charge >= 0.3 is 0 Å². The summed E-state index contributed by atoms with van der Waals surface area (Å²) in [5, 5.41) is 3.12. The fourth-order valence-electron chi connectivity index (χ4n) is 2.91. The summed E-state index contributed by atoms with van der Waals surface area (Å²) in [5.41, 5.74) is 6.44. The van der Waals surface area contributed by atoms with Gasteiger partial charge in [0.2, 0.25) is 5.91 Å². The second kappa shape index (κ2) is 7.36. The van der Waals surface area contributed by atoms with Crippen LogP contribution in [0.25, 0.3) is 0 Å². The first-order chi connectivity index (χ1) is 10.0.